The summed E-state index contributed by atoms with van der Waals surface area (Å²) in [4.78, 5) is 14.6. The van der Waals surface area contributed by atoms with Crippen LogP contribution in [0.5, 0.6) is 5.75 Å². The molecule has 1 aromatic carbocycles. The van der Waals surface area contributed by atoms with E-state index in [1.54, 1.807) is 12.1 Å². The largest absolute Gasteiger partial charge is 0.492 e. The monoisotopic (exact) mass is 309 g/mol. The van der Waals surface area contributed by atoms with Crippen LogP contribution in [0.15, 0.2) is 18.2 Å². The molecule has 3 nitrogen and oxygen atoms in total. The number of rotatable bonds is 7. The fourth-order valence-electron chi connectivity index (χ4n) is 2.59. The second-order valence-corrected chi connectivity index (χ2v) is 5.98. The van der Waals surface area contributed by atoms with Crippen molar-refractivity contribution in [1.29, 1.82) is 0 Å². The van der Waals surface area contributed by atoms with Gasteiger partial charge in [0, 0.05) is 18.5 Å². The molecule has 0 saturated carbocycles. The van der Waals surface area contributed by atoms with Gasteiger partial charge >= 0.3 is 0 Å². The first-order chi connectivity index (χ1) is 10.2. The van der Waals surface area contributed by atoms with Gasteiger partial charge in [0.2, 0.25) is 0 Å². The van der Waals surface area contributed by atoms with Crippen molar-refractivity contribution in [2.24, 2.45) is 0 Å². The molecule has 21 heavy (non-hydrogen) atoms. The fourth-order valence-corrected chi connectivity index (χ4v) is 2.83. The van der Waals surface area contributed by atoms with Crippen molar-refractivity contribution in [2.45, 2.75) is 39.0 Å². The minimum absolute atomic E-state index is 0.157. The zero-order valence-corrected chi connectivity index (χ0v) is 13.5. The van der Waals surface area contributed by atoms with Gasteiger partial charge in [0.05, 0.1) is 11.6 Å². The zero-order chi connectivity index (χ0) is 15.1. The molecule has 0 aliphatic carbocycles. The summed E-state index contributed by atoms with van der Waals surface area (Å²) in [6.07, 6.45) is 5.32. The summed E-state index contributed by atoms with van der Waals surface area (Å²) < 4.78 is 5.52. The molecule has 2 rings (SSSR count). The van der Waals surface area contributed by atoms with E-state index in [4.69, 9.17) is 16.3 Å². The van der Waals surface area contributed by atoms with E-state index < -0.39 is 0 Å². The minimum atomic E-state index is 0.157. The van der Waals surface area contributed by atoms with Gasteiger partial charge in [-0.3, -0.25) is 4.79 Å². The SMILES string of the molecule is CCCOc1ccc(C(=O)CCN2CCCCC2)cc1Cl. The molecule has 4 heteroatoms. The zero-order valence-electron chi connectivity index (χ0n) is 12.7. The van der Waals surface area contributed by atoms with E-state index in [1.807, 2.05) is 13.0 Å². The minimum Gasteiger partial charge on any atom is -0.492 e. The van der Waals surface area contributed by atoms with Gasteiger partial charge in [-0.05, 0) is 50.6 Å². The first-order valence-electron chi connectivity index (χ1n) is 7.88. The van der Waals surface area contributed by atoms with Crippen LogP contribution in [0.4, 0.5) is 0 Å². The molecule has 1 saturated heterocycles. The number of Topliss-reactive ketones (excluding diaryl/α,β-unsaturated/α-hetero) is 1. The first kappa shape index (κ1) is 16.3. The highest BCUT2D eigenvalue weighted by Crippen LogP contribution is 2.26. The van der Waals surface area contributed by atoms with Gasteiger partial charge in [0.25, 0.3) is 0 Å². The lowest BCUT2D eigenvalue weighted by atomic mass is 10.1. The number of carbonyl (C=O) groups excluding carboxylic acids is 1. The number of ether oxygens (including phenoxy) is 1. The molecule has 0 atom stereocenters. The van der Waals surface area contributed by atoms with E-state index in [0.29, 0.717) is 29.4 Å². The molecule has 1 heterocycles. The summed E-state index contributed by atoms with van der Waals surface area (Å²) in [7, 11) is 0. The van der Waals surface area contributed by atoms with Crippen molar-refractivity contribution in [3.63, 3.8) is 0 Å². The van der Waals surface area contributed by atoms with Gasteiger partial charge in [0.15, 0.2) is 5.78 Å². The molecule has 0 N–H and O–H groups in total. The highest BCUT2D eigenvalue weighted by molar-refractivity contribution is 6.32. The Kier molecular flexibility index (Phi) is 6.52. The molecule has 0 bridgehead atoms. The Balaban J connectivity index is 1.88. The van der Waals surface area contributed by atoms with Gasteiger partial charge in [-0.2, -0.15) is 0 Å². The van der Waals surface area contributed by atoms with Crippen LogP contribution in [0, 0.1) is 0 Å². The van der Waals surface area contributed by atoms with E-state index in [1.165, 1.54) is 19.3 Å². The summed E-state index contributed by atoms with van der Waals surface area (Å²) in [5, 5.41) is 0.521. The van der Waals surface area contributed by atoms with Gasteiger partial charge in [0.1, 0.15) is 5.75 Å². The third-order valence-corrected chi connectivity index (χ3v) is 4.11. The molecule has 1 aromatic rings. The van der Waals surface area contributed by atoms with Crippen molar-refractivity contribution in [2.75, 3.05) is 26.2 Å². The van der Waals surface area contributed by atoms with Gasteiger partial charge in [-0.25, -0.2) is 0 Å². The van der Waals surface area contributed by atoms with Crippen LogP contribution in [-0.4, -0.2) is 36.9 Å². The Hall–Kier alpha value is -1.06. The summed E-state index contributed by atoms with van der Waals surface area (Å²) >= 11 is 6.17. The van der Waals surface area contributed by atoms with Crippen molar-refractivity contribution in [3.8, 4) is 5.75 Å². The molecule has 0 radical (unpaired) electrons. The molecular formula is C17H24ClNO2. The Morgan fingerprint density at radius 1 is 1.29 bits per heavy atom. The van der Waals surface area contributed by atoms with Crippen molar-refractivity contribution < 1.29 is 9.53 Å². The summed E-state index contributed by atoms with van der Waals surface area (Å²) in [5.41, 5.74) is 0.681. The topological polar surface area (TPSA) is 29.5 Å². The maximum absolute atomic E-state index is 12.2. The smallest absolute Gasteiger partial charge is 0.164 e. The van der Waals surface area contributed by atoms with Crippen LogP contribution in [0.1, 0.15) is 49.4 Å². The van der Waals surface area contributed by atoms with Gasteiger partial charge in [-0.1, -0.05) is 24.9 Å². The quantitative estimate of drug-likeness (QED) is 0.707. The summed E-state index contributed by atoms with van der Waals surface area (Å²) in [5.74, 6) is 0.815. The number of ketones is 1. The number of piperidine rings is 1. The number of likely N-dealkylation sites (tertiary alicyclic amines) is 1. The van der Waals surface area contributed by atoms with Crippen LogP contribution in [-0.2, 0) is 0 Å². The Bertz CT molecular complexity index is 470. The molecule has 116 valence electrons. The summed E-state index contributed by atoms with van der Waals surface area (Å²) in [6.45, 7) is 5.79. The molecule has 0 unspecified atom stereocenters. The van der Waals surface area contributed by atoms with E-state index in [9.17, 15) is 4.79 Å². The van der Waals surface area contributed by atoms with E-state index in [2.05, 4.69) is 4.90 Å². The van der Waals surface area contributed by atoms with Crippen LogP contribution in [0.3, 0.4) is 0 Å². The molecule has 1 aliphatic rings. The highest BCUT2D eigenvalue weighted by Gasteiger charge is 2.14. The lowest BCUT2D eigenvalue weighted by molar-refractivity contribution is 0.0958. The molecule has 1 aliphatic heterocycles. The fraction of sp³-hybridized carbons (Fsp3) is 0.588. The molecule has 0 aromatic heterocycles. The number of nitrogens with zero attached hydrogens (tertiary/aromatic N) is 1. The maximum atomic E-state index is 12.2. The van der Waals surface area contributed by atoms with E-state index >= 15 is 0 Å². The Morgan fingerprint density at radius 3 is 2.71 bits per heavy atom. The predicted octanol–water partition coefficient (Wildman–Crippen LogP) is 4.19. The Morgan fingerprint density at radius 2 is 2.05 bits per heavy atom. The van der Waals surface area contributed by atoms with E-state index in [-0.39, 0.29) is 5.78 Å². The molecule has 0 spiro atoms. The average Bonchev–Trinajstić information content (AvgIpc) is 2.52. The first-order valence-corrected chi connectivity index (χ1v) is 8.26. The lowest BCUT2D eigenvalue weighted by Gasteiger charge is -2.25. The lowest BCUT2D eigenvalue weighted by Crippen LogP contribution is -2.31. The number of halogens is 1. The number of benzene rings is 1. The van der Waals surface area contributed by atoms with Crippen molar-refractivity contribution in [3.05, 3.63) is 28.8 Å². The normalized spacial score (nSPS) is 15.9. The number of hydrogen-bond donors (Lipinski definition) is 0. The molecular weight excluding hydrogens is 286 g/mol. The molecule has 0 amide bonds. The third-order valence-electron chi connectivity index (χ3n) is 3.82. The van der Waals surface area contributed by atoms with Crippen molar-refractivity contribution in [1.82, 2.24) is 4.90 Å². The highest BCUT2D eigenvalue weighted by atomic mass is 35.5. The van der Waals surface area contributed by atoms with Crippen LogP contribution in [0.25, 0.3) is 0 Å². The van der Waals surface area contributed by atoms with Crippen LogP contribution in [0.2, 0.25) is 5.02 Å². The third kappa shape index (κ3) is 5.01. The van der Waals surface area contributed by atoms with Crippen molar-refractivity contribution >= 4 is 17.4 Å². The van der Waals surface area contributed by atoms with Crippen LogP contribution >= 0.6 is 11.6 Å². The molecule has 1 fully saturated rings. The predicted molar refractivity (Wildman–Crippen MR) is 86.5 cm³/mol. The van der Waals surface area contributed by atoms with Crippen LogP contribution < -0.4 is 4.74 Å². The Labute approximate surface area is 132 Å². The maximum Gasteiger partial charge on any atom is 0.164 e. The van der Waals surface area contributed by atoms with E-state index in [0.717, 1.165) is 26.1 Å². The number of carbonyl (C=O) groups is 1. The average molecular weight is 310 g/mol. The number of hydrogen-bond acceptors (Lipinski definition) is 3. The second kappa shape index (κ2) is 8.40. The second-order valence-electron chi connectivity index (χ2n) is 5.57. The standard InChI is InChI=1S/C17H24ClNO2/c1-2-12-21-17-7-6-14(13-15(17)18)16(20)8-11-19-9-4-3-5-10-19/h6-7,13H,2-5,8-12H2,1H3. The van der Waals surface area contributed by atoms with Gasteiger partial charge < -0.3 is 9.64 Å². The summed E-state index contributed by atoms with van der Waals surface area (Å²) in [6, 6.07) is 5.34. The van der Waals surface area contributed by atoms with Gasteiger partial charge in [-0.15, -0.1) is 0 Å².